The van der Waals surface area contributed by atoms with Crippen LogP contribution in [0.4, 0.5) is 0 Å². The predicted octanol–water partition coefficient (Wildman–Crippen LogP) is 2.97. The molecule has 0 aliphatic heterocycles. The van der Waals surface area contributed by atoms with Gasteiger partial charge in [0.1, 0.15) is 6.04 Å². The first kappa shape index (κ1) is 20.8. The van der Waals surface area contributed by atoms with E-state index in [2.05, 4.69) is 55.0 Å². The average molecular weight is 413 g/mol. The highest BCUT2D eigenvalue weighted by molar-refractivity contribution is 7.10. The number of carbonyl (C=O) groups is 2. The molecule has 3 aromatic rings. The smallest absolute Gasteiger partial charge is 0.305 e. The van der Waals surface area contributed by atoms with Crippen molar-refractivity contribution in [3.63, 3.8) is 0 Å². The van der Waals surface area contributed by atoms with Crippen molar-refractivity contribution in [2.24, 2.45) is 0 Å². The quantitative estimate of drug-likeness (QED) is 0.497. The van der Waals surface area contributed by atoms with Crippen molar-refractivity contribution < 1.29 is 19.3 Å². The number of nitrogens with two attached hydrogens (primary N) is 1. The Balaban J connectivity index is 1.61. The lowest BCUT2D eigenvalue weighted by Gasteiger charge is -2.16. The van der Waals surface area contributed by atoms with Crippen molar-refractivity contribution in [1.82, 2.24) is 10.9 Å². The highest BCUT2D eigenvalue weighted by Gasteiger charge is 2.21. The highest BCUT2D eigenvalue weighted by Crippen LogP contribution is 2.25. The molecule has 0 bridgehead atoms. The molecule has 3 rings (SSSR count). The van der Waals surface area contributed by atoms with Gasteiger partial charge in [-0.25, -0.2) is 0 Å². The van der Waals surface area contributed by atoms with Crippen LogP contribution in [0, 0.1) is 0 Å². The number of benzene rings is 1. The van der Waals surface area contributed by atoms with Crippen LogP contribution >= 0.6 is 11.3 Å². The summed E-state index contributed by atoms with van der Waals surface area (Å²) < 4.78 is 5.00. The Morgan fingerprint density at radius 3 is 2.45 bits per heavy atom. The summed E-state index contributed by atoms with van der Waals surface area (Å²) in [7, 11) is 0. The molecule has 0 spiro atoms. The lowest BCUT2D eigenvalue weighted by Crippen LogP contribution is -2.88. The molecule has 0 fully saturated rings. The first-order valence-corrected chi connectivity index (χ1v) is 10.6. The van der Waals surface area contributed by atoms with E-state index in [0.717, 1.165) is 12.0 Å². The van der Waals surface area contributed by atoms with Crippen LogP contribution in [0.15, 0.2) is 64.6 Å². The number of hydrazine groups is 1. The number of hydrogen-bond acceptors (Lipinski definition) is 4. The van der Waals surface area contributed by atoms with Gasteiger partial charge in [0.2, 0.25) is 0 Å². The van der Waals surface area contributed by atoms with Gasteiger partial charge in [0.05, 0.1) is 11.1 Å². The topological polar surface area (TPSA) is 88.0 Å². The summed E-state index contributed by atoms with van der Waals surface area (Å²) >= 11 is 1.66. The van der Waals surface area contributed by atoms with Gasteiger partial charge < -0.3 is 9.73 Å². The van der Waals surface area contributed by atoms with Crippen LogP contribution in [0.2, 0.25) is 0 Å². The van der Waals surface area contributed by atoms with Crippen LogP contribution in [0.3, 0.4) is 0 Å². The second-order valence-corrected chi connectivity index (χ2v) is 7.87. The zero-order valence-electron chi connectivity index (χ0n) is 16.6. The average Bonchev–Trinajstić information content (AvgIpc) is 3.46. The first-order chi connectivity index (χ1) is 14.1. The van der Waals surface area contributed by atoms with Crippen molar-refractivity contribution >= 4 is 23.2 Å². The van der Waals surface area contributed by atoms with E-state index in [1.807, 2.05) is 16.8 Å². The van der Waals surface area contributed by atoms with E-state index in [1.165, 1.54) is 22.8 Å². The summed E-state index contributed by atoms with van der Waals surface area (Å²) in [4.78, 5) is 25.2. The molecule has 4 N–H and O–H groups in total. The molecule has 1 aromatic carbocycles. The van der Waals surface area contributed by atoms with Crippen molar-refractivity contribution in [2.75, 3.05) is 6.54 Å². The number of quaternary nitrogens is 1. The third-order valence-corrected chi connectivity index (χ3v) is 5.88. The van der Waals surface area contributed by atoms with Gasteiger partial charge in [0.25, 0.3) is 5.91 Å². The van der Waals surface area contributed by atoms with Gasteiger partial charge in [-0.2, -0.15) is 0 Å². The number of hydrogen-bond donors (Lipinski definition) is 3. The van der Waals surface area contributed by atoms with Gasteiger partial charge >= 0.3 is 5.91 Å². The zero-order chi connectivity index (χ0) is 20.6. The van der Waals surface area contributed by atoms with E-state index in [4.69, 9.17) is 4.42 Å². The minimum Gasteiger partial charge on any atom is -0.459 e. The van der Waals surface area contributed by atoms with Crippen LogP contribution in [0.5, 0.6) is 0 Å². The molecule has 0 aliphatic rings. The van der Waals surface area contributed by atoms with Crippen molar-refractivity contribution in [3.05, 3.63) is 81.9 Å². The normalized spacial score (nSPS) is 12.9. The highest BCUT2D eigenvalue weighted by atomic mass is 32.1. The van der Waals surface area contributed by atoms with E-state index < -0.39 is 5.91 Å². The third kappa shape index (κ3) is 5.56. The van der Waals surface area contributed by atoms with Crippen LogP contribution in [0.1, 0.15) is 58.8 Å². The molecule has 29 heavy (non-hydrogen) atoms. The van der Waals surface area contributed by atoms with Gasteiger partial charge in [0.15, 0.2) is 12.3 Å². The molecule has 152 valence electrons. The second-order valence-electron chi connectivity index (χ2n) is 6.89. The van der Waals surface area contributed by atoms with Gasteiger partial charge in [0, 0.05) is 5.56 Å². The maximum absolute atomic E-state index is 12.2. The van der Waals surface area contributed by atoms with Crippen LogP contribution < -0.4 is 16.2 Å². The Labute approximate surface area is 174 Å². The van der Waals surface area contributed by atoms with Crippen molar-refractivity contribution in [2.45, 2.75) is 32.2 Å². The second kappa shape index (κ2) is 10.0. The monoisotopic (exact) mass is 412 g/mol. The zero-order valence-corrected chi connectivity index (χ0v) is 17.4. The molecule has 0 radical (unpaired) electrons. The largest absolute Gasteiger partial charge is 0.459 e. The van der Waals surface area contributed by atoms with E-state index >= 15 is 0 Å². The van der Waals surface area contributed by atoms with Gasteiger partial charge in [-0.3, -0.25) is 20.4 Å². The molecule has 2 amide bonds. The summed E-state index contributed by atoms with van der Waals surface area (Å²) in [5, 5.41) is 4.01. The third-order valence-electron chi connectivity index (χ3n) is 4.93. The van der Waals surface area contributed by atoms with Gasteiger partial charge in [-0.1, -0.05) is 44.2 Å². The fourth-order valence-corrected chi connectivity index (χ4v) is 3.87. The number of amides is 2. The maximum Gasteiger partial charge on any atom is 0.305 e. The summed E-state index contributed by atoms with van der Waals surface area (Å²) in [6, 6.07) is 15.9. The van der Waals surface area contributed by atoms with Crippen LogP contribution in [-0.2, 0) is 4.79 Å². The van der Waals surface area contributed by atoms with Gasteiger partial charge in [-0.05, 0) is 41.5 Å². The summed E-state index contributed by atoms with van der Waals surface area (Å²) in [6.45, 7) is 4.58. The molecule has 2 heterocycles. The lowest BCUT2D eigenvalue weighted by atomic mass is 9.95. The number of carbonyl (C=O) groups excluding carboxylic acids is 2. The fourth-order valence-electron chi connectivity index (χ4n) is 3.02. The van der Waals surface area contributed by atoms with E-state index in [0.29, 0.717) is 5.92 Å². The van der Waals surface area contributed by atoms with Crippen LogP contribution in [0.25, 0.3) is 0 Å². The fraction of sp³-hybridized carbons (Fsp3) is 0.273. The number of thiophene rings is 1. The number of rotatable bonds is 8. The SMILES string of the molecule is CC[C@@H](C)c1ccc([C@@H]([NH2+]CC(=O)NNC(=O)c2ccco2)c2cccs2)cc1. The van der Waals surface area contributed by atoms with Gasteiger partial charge in [-0.15, -0.1) is 11.3 Å². The summed E-state index contributed by atoms with van der Waals surface area (Å²) in [5.41, 5.74) is 7.25. The van der Waals surface area contributed by atoms with E-state index in [1.54, 1.807) is 17.4 Å². The van der Waals surface area contributed by atoms with E-state index in [-0.39, 0.29) is 24.3 Å². The minimum absolute atomic E-state index is 0.0208. The Morgan fingerprint density at radius 1 is 1.07 bits per heavy atom. The Kier molecular flexibility index (Phi) is 7.21. The molecule has 2 aromatic heterocycles. The lowest BCUT2D eigenvalue weighted by molar-refractivity contribution is -0.676. The van der Waals surface area contributed by atoms with Crippen LogP contribution in [-0.4, -0.2) is 18.4 Å². The molecule has 0 aliphatic carbocycles. The Morgan fingerprint density at radius 2 is 1.83 bits per heavy atom. The summed E-state index contributed by atoms with van der Waals surface area (Å²) in [6.07, 6.45) is 2.51. The molecule has 0 saturated carbocycles. The number of furan rings is 1. The molecular formula is C22H26N3O3S+. The number of nitrogens with one attached hydrogen (secondary N) is 2. The first-order valence-electron chi connectivity index (χ1n) is 9.67. The standard InChI is InChI=1S/C22H25N3O3S/c1-3-15(2)16-8-10-17(11-9-16)21(19-7-5-13-29-19)23-14-20(26)24-25-22(27)18-6-4-12-28-18/h4-13,15,21,23H,3,14H2,1-2H3,(H,24,26)(H,25,27)/p+1/t15-,21-/m1/s1. The molecule has 0 unspecified atom stereocenters. The Bertz CT molecular complexity index is 905. The molecule has 7 heteroatoms. The minimum atomic E-state index is -0.487. The molecular weight excluding hydrogens is 386 g/mol. The Hall–Kier alpha value is -2.90. The molecule has 6 nitrogen and oxygen atoms in total. The van der Waals surface area contributed by atoms with Crippen molar-refractivity contribution in [3.8, 4) is 0 Å². The van der Waals surface area contributed by atoms with E-state index in [9.17, 15) is 9.59 Å². The summed E-state index contributed by atoms with van der Waals surface area (Å²) in [5.74, 6) is -0.106. The molecule has 0 saturated heterocycles. The maximum atomic E-state index is 12.2. The predicted molar refractivity (Wildman–Crippen MR) is 112 cm³/mol. The van der Waals surface area contributed by atoms with Crippen molar-refractivity contribution in [1.29, 1.82) is 0 Å². The molecule has 2 atom stereocenters.